The maximum absolute atomic E-state index is 9.11. The maximum atomic E-state index is 9.11. The zero-order chi connectivity index (χ0) is 7.61. The highest BCUT2D eigenvalue weighted by Crippen LogP contribution is 2.52. The molecule has 0 aromatic rings. The highest BCUT2D eigenvalue weighted by atomic mass is 16.3. The van der Waals surface area contributed by atoms with Crippen molar-refractivity contribution in [2.45, 2.75) is 38.7 Å². The van der Waals surface area contributed by atoms with Gasteiger partial charge in [0, 0.05) is 0 Å². The first-order valence-corrected chi connectivity index (χ1v) is 4.01. The van der Waals surface area contributed by atoms with Crippen molar-refractivity contribution in [2.24, 2.45) is 5.41 Å². The normalized spacial score (nSPS) is 24.3. The number of hydrogen-bond donors (Lipinski definition) is 2. The summed E-state index contributed by atoms with van der Waals surface area (Å²) in [5, 5.41) is 17.7. The van der Waals surface area contributed by atoms with E-state index in [1.807, 2.05) is 0 Å². The fourth-order valence-electron chi connectivity index (χ4n) is 1.44. The van der Waals surface area contributed by atoms with Crippen LogP contribution in [-0.2, 0) is 0 Å². The summed E-state index contributed by atoms with van der Waals surface area (Å²) >= 11 is 0. The summed E-state index contributed by atoms with van der Waals surface area (Å²) in [6.07, 6.45) is 3.92. The van der Waals surface area contributed by atoms with E-state index in [0.29, 0.717) is 5.41 Å². The highest BCUT2D eigenvalue weighted by molar-refractivity contribution is 4.93. The summed E-state index contributed by atoms with van der Waals surface area (Å²) in [6.45, 7) is 2.07. The Bertz CT molecular complexity index is 108. The van der Waals surface area contributed by atoms with E-state index in [4.69, 9.17) is 10.2 Å². The molecule has 0 saturated heterocycles. The lowest BCUT2D eigenvalue weighted by molar-refractivity contribution is 0.0692. The minimum atomic E-state index is -0.484. The van der Waals surface area contributed by atoms with Crippen LogP contribution in [0.25, 0.3) is 0 Å². The lowest BCUT2D eigenvalue weighted by Crippen LogP contribution is -2.17. The van der Waals surface area contributed by atoms with Crippen LogP contribution in [0.1, 0.15) is 32.6 Å². The summed E-state index contributed by atoms with van der Waals surface area (Å²) in [6, 6.07) is 0. The Kier molecular flexibility index (Phi) is 2.32. The Balaban J connectivity index is 2.23. The van der Waals surface area contributed by atoms with E-state index in [-0.39, 0.29) is 6.61 Å². The van der Waals surface area contributed by atoms with E-state index in [9.17, 15) is 0 Å². The van der Waals surface area contributed by atoms with Gasteiger partial charge in [-0.1, -0.05) is 13.3 Å². The zero-order valence-electron chi connectivity index (χ0n) is 6.51. The molecule has 10 heavy (non-hydrogen) atoms. The third kappa shape index (κ3) is 1.70. The number of rotatable bonds is 4. The first kappa shape index (κ1) is 8.02. The molecule has 1 atom stereocenters. The Morgan fingerprint density at radius 3 is 2.40 bits per heavy atom. The van der Waals surface area contributed by atoms with Crippen molar-refractivity contribution in [2.75, 3.05) is 6.61 Å². The molecule has 0 aromatic carbocycles. The van der Waals surface area contributed by atoms with Crippen molar-refractivity contribution in [3.8, 4) is 0 Å². The van der Waals surface area contributed by atoms with Crippen LogP contribution in [0.2, 0.25) is 0 Å². The van der Waals surface area contributed by atoms with Crippen molar-refractivity contribution in [1.82, 2.24) is 0 Å². The van der Waals surface area contributed by atoms with Crippen LogP contribution < -0.4 is 0 Å². The van der Waals surface area contributed by atoms with Gasteiger partial charge in [-0.15, -0.1) is 0 Å². The van der Waals surface area contributed by atoms with Gasteiger partial charge in [-0.3, -0.25) is 0 Å². The summed E-state index contributed by atoms with van der Waals surface area (Å²) in [5.41, 5.74) is 0.405. The first-order valence-electron chi connectivity index (χ1n) is 4.01. The highest BCUT2D eigenvalue weighted by Gasteiger charge is 2.41. The van der Waals surface area contributed by atoms with Gasteiger partial charge in [0.15, 0.2) is 0 Å². The minimum Gasteiger partial charge on any atom is -0.394 e. The summed E-state index contributed by atoms with van der Waals surface area (Å²) in [4.78, 5) is 0. The van der Waals surface area contributed by atoms with Crippen molar-refractivity contribution in [3.63, 3.8) is 0 Å². The van der Waals surface area contributed by atoms with Crippen LogP contribution in [0.4, 0.5) is 0 Å². The number of hydrogen-bond acceptors (Lipinski definition) is 2. The second kappa shape index (κ2) is 2.89. The van der Waals surface area contributed by atoms with Gasteiger partial charge in [-0.25, -0.2) is 0 Å². The standard InChI is InChI=1S/C8H16O2/c1-2-8(3-4-8)5-7(10)6-9/h7,9-10H,2-6H2,1H3. The van der Waals surface area contributed by atoms with E-state index < -0.39 is 6.10 Å². The van der Waals surface area contributed by atoms with Crippen LogP contribution in [0.15, 0.2) is 0 Å². The summed E-state index contributed by atoms with van der Waals surface area (Å²) in [7, 11) is 0. The van der Waals surface area contributed by atoms with Crippen molar-refractivity contribution >= 4 is 0 Å². The Morgan fingerprint density at radius 2 is 2.10 bits per heavy atom. The van der Waals surface area contributed by atoms with Crippen molar-refractivity contribution in [3.05, 3.63) is 0 Å². The molecule has 2 N–H and O–H groups in total. The predicted molar refractivity (Wildman–Crippen MR) is 39.7 cm³/mol. The van der Waals surface area contributed by atoms with Crippen molar-refractivity contribution in [1.29, 1.82) is 0 Å². The molecule has 1 fully saturated rings. The number of aliphatic hydroxyl groups excluding tert-OH is 2. The predicted octanol–water partition coefficient (Wildman–Crippen LogP) is 0.920. The van der Waals surface area contributed by atoms with Gasteiger partial charge in [-0.05, 0) is 24.7 Å². The van der Waals surface area contributed by atoms with E-state index in [1.54, 1.807) is 0 Å². The fraction of sp³-hybridized carbons (Fsp3) is 1.00. The van der Waals surface area contributed by atoms with Crippen LogP contribution in [0, 0.1) is 5.41 Å². The Morgan fingerprint density at radius 1 is 1.50 bits per heavy atom. The molecule has 0 aliphatic heterocycles. The molecule has 0 amide bonds. The average Bonchev–Trinajstić information content (AvgIpc) is 2.70. The van der Waals surface area contributed by atoms with Crippen LogP contribution >= 0.6 is 0 Å². The van der Waals surface area contributed by atoms with Crippen LogP contribution in [-0.4, -0.2) is 22.9 Å². The van der Waals surface area contributed by atoms with Gasteiger partial charge in [0.25, 0.3) is 0 Å². The topological polar surface area (TPSA) is 40.5 Å². The van der Waals surface area contributed by atoms with E-state index in [1.165, 1.54) is 12.8 Å². The molecular formula is C8H16O2. The molecule has 2 nitrogen and oxygen atoms in total. The smallest absolute Gasteiger partial charge is 0.0776 e. The molecule has 0 radical (unpaired) electrons. The molecule has 0 heterocycles. The minimum absolute atomic E-state index is 0.0816. The maximum Gasteiger partial charge on any atom is 0.0776 e. The summed E-state index contributed by atoms with van der Waals surface area (Å²) in [5.74, 6) is 0. The SMILES string of the molecule is CCC1(CC(O)CO)CC1. The average molecular weight is 144 g/mol. The zero-order valence-corrected chi connectivity index (χ0v) is 6.51. The van der Waals surface area contributed by atoms with Crippen molar-refractivity contribution < 1.29 is 10.2 Å². The van der Waals surface area contributed by atoms with Gasteiger partial charge in [0.1, 0.15) is 0 Å². The lowest BCUT2D eigenvalue weighted by Gasteiger charge is -2.14. The van der Waals surface area contributed by atoms with Gasteiger partial charge in [-0.2, -0.15) is 0 Å². The molecule has 1 aliphatic carbocycles. The molecule has 0 bridgehead atoms. The van der Waals surface area contributed by atoms with Crippen LogP contribution in [0.3, 0.4) is 0 Å². The van der Waals surface area contributed by atoms with Gasteiger partial charge < -0.3 is 10.2 Å². The van der Waals surface area contributed by atoms with Gasteiger partial charge in [0.05, 0.1) is 12.7 Å². The quantitative estimate of drug-likeness (QED) is 0.616. The molecule has 0 spiro atoms. The molecule has 1 unspecified atom stereocenters. The van der Waals surface area contributed by atoms with E-state index >= 15 is 0 Å². The molecule has 1 rings (SSSR count). The molecule has 1 aliphatic rings. The molecule has 2 heteroatoms. The molecular weight excluding hydrogens is 128 g/mol. The third-order valence-electron chi connectivity index (χ3n) is 2.59. The van der Waals surface area contributed by atoms with E-state index in [0.717, 1.165) is 12.8 Å². The van der Waals surface area contributed by atoms with E-state index in [2.05, 4.69) is 6.92 Å². The lowest BCUT2D eigenvalue weighted by atomic mass is 9.96. The second-order valence-electron chi connectivity index (χ2n) is 3.39. The monoisotopic (exact) mass is 144 g/mol. The second-order valence-corrected chi connectivity index (χ2v) is 3.39. The Hall–Kier alpha value is -0.0800. The number of aliphatic hydroxyl groups is 2. The van der Waals surface area contributed by atoms with Gasteiger partial charge >= 0.3 is 0 Å². The largest absolute Gasteiger partial charge is 0.394 e. The molecule has 0 aromatic heterocycles. The summed E-state index contributed by atoms with van der Waals surface area (Å²) < 4.78 is 0. The third-order valence-corrected chi connectivity index (χ3v) is 2.59. The van der Waals surface area contributed by atoms with Crippen LogP contribution in [0.5, 0.6) is 0 Å². The van der Waals surface area contributed by atoms with Gasteiger partial charge in [0.2, 0.25) is 0 Å². The first-order chi connectivity index (χ1) is 4.72. The molecule has 60 valence electrons. The fourth-order valence-corrected chi connectivity index (χ4v) is 1.44. The Labute approximate surface area is 61.9 Å². The molecule has 1 saturated carbocycles.